The number of rotatable bonds is 3. The second kappa shape index (κ2) is 5.61. The summed E-state index contributed by atoms with van der Waals surface area (Å²) >= 11 is 16.9. The monoisotopic (exact) mass is 300 g/mol. The van der Waals surface area contributed by atoms with Gasteiger partial charge in [0.1, 0.15) is 11.5 Å². The topological polar surface area (TPSA) is 30.2 Å². The largest absolute Gasteiger partial charge is 0.457 e. The zero-order valence-electron chi connectivity index (χ0n) is 8.99. The molecule has 92 valence electrons. The first-order valence-electron chi connectivity index (χ1n) is 4.99. The van der Waals surface area contributed by atoms with Crippen molar-refractivity contribution in [2.24, 2.45) is 0 Å². The lowest BCUT2D eigenvalue weighted by molar-refractivity contribution is -0.107. The molecule has 0 aliphatic heterocycles. The summed E-state index contributed by atoms with van der Waals surface area (Å²) in [7, 11) is 0. The molecule has 18 heavy (non-hydrogen) atoms. The van der Waals surface area contributed by atoms with Gasteiger partial charge in [-0.3, -0.25) is 4.79 Å². The van der Waals surface area contributed by atoms with Crippen LogP contribution in [0.1, 0.15) is 5.76 Å². The van der Waals surface area contributed by atoms with Crippen LogP contribution >= 0.6 is 34.8 Å². The van der Waals surface area contributed by atoms with Crippen molar-refractivity contribution in [3.63, 3.8) is 0 Å². The average Bonchev–Trinajstić information content (AvgIpc) is 2.79. The number of furan rings is 1. The molecule has 1 aromatic carbocycles. The quantitative estimate of drug-likeness (QED) is 0.588. The fraction of sp³-hybridized carbons (Fsp3) is 0. The number of benzene rings is 1. The maximum absolute atomic E-state index is 10.6. The van der Waals surface area contributed by atoms with Crippen molar-refractivity contribution >= 4 is 46.1 Å². The Kier molecular flexibility index (Phi) is 4.12. The normalized spacial score (nSPS) is 11.1. The van der Waals surface area contributed by atoms with Crippen LogP contribution in [0.3, 0.4) is 0 Å². The number of carbonyl (C=O) groups excluding carboxylic acids is 1. The highest BCUT2D eigenvalue weighted by Gasteiger charge is 2.06. The molecular formula is C13H7Cl3O2. The van der Waals surface area contributed by atoms with E-state index in [2.05, 4.69) is 0 Å². The predicted octanol–water partition coefficient (Wildman–Crippen LogP) is 5.03. The third kappa shape index (κ3) is 3.16. The Bertz CT molecular complexity index is 614. The zero-order chi connectivity index (χ0) is 13.1. The summed E-state index contributed by atoms with van der Waals surface area (Å²) in [5, 5.41) is 0.390. The van der Waals surface area contributed by atoms with Crippen molar-refractivity contribution in [2.75, 3.05) is 0 Å². The number of hydrogen-bond acceptors (Lipinski definition) is 2. The Balaban J connectivity index is 2.29. The Morgan fingerprint density at radius 3 is 2.56 bits per heavy atom. The molecule has 0 spiro atoms. The van der Waals surface area contributed by atoms with Crippen LogP contribution in [0, 0.1) is 0 Å². The van der Waals surface area contributed by atoms with Crippen molar-refractivity contribution in [2.45, 2.75) is 0 Å². The van der Waals surface area contributed by atoms with Crippen LogP contribution in [0.25, 0.3) is 17.4 Å². The van der Waals surface area contributed by atoms with E-state index in [0.29, 0.717) is 21.6 Å². The third-order valence-electron chi connectivity index (χ3n) is 2.21. The third-order valence-corrected chi connectivity index (χ3v) is 3.07. The molecule has 0 aliphatic carbocycles. The molecule has 0 bridgehead atoms. The number of allylic oxidation sites excluding steroid dienone is 1. The SMILES string of the molecule is O=C(Cl)C=Cc1ccc(-c2ccc(Cl)c(Cl)c2)o1. The van der Waals surface area contributed by atoms with Gasteiger partial charge in [0.15, 0.2) is 0 Å². The fourth-order valence-corrected chi connectivity index (χ4v) is 1.76. The molecule has 0 fully saturated rings. The standard InChI is InChI=1S/C13H7Cl3O2/c14-10-4-1-8(7-11(10)15)12-5-2-9(18-12)3-6-13(16)17/h1-7H. The van der Waals surface area contributed by atoms with Gasteiger partial charge >= 0.3 is 0 Å². The highest BCUT2D eigenvalue weighted by Crippen LogP contribution is 2.29. The van der Waals surface area contributed by atoms with Crippen LogP contribution in [0.15, 0.2) is 40.8 Å². The van der Waals surface area contributed by atoms with E-state index in [1.807, 2.05) is 0 Å². The summed E-state index contributed by atoms with van der Waals surface area (Å²) in [6.45, 7) is 0. The van der Waals surface area contributed by atoms with Crippen LogP contribution in [-0.4, -0.2) is 5.24 Å². The van der Waals surface area contributed by atoms with Crippen LogP contribution in [-0.2, 0) is 4.79 Å². The minimum absolute atomic E-state index is 0.457. The highest BCUT2D eigenvalue weighted by molar-refractivity contribution is 6.66. The molecule has 1 aromatic heterocycles. The van der Waals surface area contributed by atoms with E-state index < -0.39 is 5.24 Å². The predicted molar refractivity (Wildman–Crippen MR) is 74.1 cm³/mol. The van der Waals surface area contributed by atoms with Crippen LogP contribution in [0.2, 0.25) is 10.0 Å². The van der Waals surface area contributed by atoms with Gasteiger partial charge in [0, 0.05) is 11.6 Å². The van der Waals surface area contributed by atoms with Gasteiger partial charge < -0.3 is 4.42 Å². The second-order valence-corrected chi connectivity index (χ2v) is 4.66. The van der Waals surface area contributed by atoms with Gasteiger partial charge in [0.05, 0.1) is 10.0 Å². The summed E-state index contributed by atoms with van der Waals surface area (Å²) in [5.41, 5.74) is 0.807. The summed E-state index contributed by atoms with van der Waals surface area (Å²) in [6.07, 6.45) is 2.72. The molecule has 2 aromatic rings. The van der Waals surface area contributed by atoms with E-state index in [0.717, 1.165) is 5.56 Å². The molecule has 0 unspecified atom stereocenters. The minimum Gasteiger partial charge on any atom is -0.457 e. The maximum atomic E-state index is 10.6. The van der Waals surface area contributed by atoms with Crippen molar-refractivity contribution in [3.05, 3.63) is 52.2 Å². The van der Waals surface area contributed by atoms with Gasteiger partial charge in [-0.25, -0.2) is 0 Å². The Hall–Kier alpha value is -1.22. The Labute approximate surface area is 119 Å². The summed E-state index contributed by atoms with van der Waals surface area (Å²) in [6, 6.07) is 8.71. The van der Waals surface area contributed by atoms with Gasteiger partial charge in [-0.1, -0.05) is 23.2 Å². The lowest BCUT2D eigenvalue weighted by Crippen LogP contribution is -1.75. The van der Waals surface area contributed by atoms with E-state index in [1.165, 1.54) is 12.2 Å². The van der Waals surface area contributed by atoms with E-state index >= 15 is 0 Å². The average molecular weight is 302 g/mol. The van der Waals surface area contributed by atoms with Gasteiger partial charge in [0.2, 0.25) is 5.24 Å². The first kappa shape index (κ1) is 13.2. The summed E-state index contributed by atoms with van der Waals surface area (Å²) < 4.78 is 5.52. The molecule has 2 nitrogen and oxygen atoms in total. The molecule has 5 heteroatoms. The molecule has 2 rings (SSSR count). The number of halogens is 3. The molecule has 0 saturated carbocycles. The first-order valence-corrected chi connectivity index (χ1v) is 6.12. The second-order valence-electron chi connectivity index (χ2n) is 3.47. The van der Waals surface area contributed by atoms with E-state index in [1.54, 1.807) is 30.3 Å². The van der Waals surface area contributed by atoms with Gasteiger partial charge in [0.25, 0.3) is 0 Å². The van der Waals surface area contributed by atoms with E-state index in [4.69, 9.17) is 39.2 Å². The first-order chi connectivity index (χ1) is 8.56. The van der Waals surface area contributed by atoms with Crippen LogP contribution in [0.5, 0.6) is 0 Å². The van der Waals surface area contributed by atoms with Gasteiger partial charge in [-0.2, -0.15) is 0 Å². The van der Waals surface area contributed by atoms with Crippen molar-refractivity contribution in [3.8, 4) is 11.3 Å². The maximum Gasteiger partial charge on any atom is 0.245 e. The minimum atomic E-state index is -0.553. The van der Waals surface area contributed by atoms with Gasteiger partial charge in [-0.15, -0.1) is 0 Å². The molecule has 0 radical (unpaired) electrons. The molecule has 0 saturated heterocycles. The zero-order valence-corrected chi connectivity index (χ0v) is 11.3. The molecular weight excluding hydrogens is 295 g/mol. The summed E-state index contributed by atoms with van der Waals surface area (Å²) in [4.78, 5) is 10.6. The van der Waals surface area contributed by atoms with Crippen molar-refractivity contribution in [1.82, 2.24) is 0 Å². The van der Waals surface area contributed by atoms with Gasteiger partial charge in [-0.05, 0) is 48.0 Å². The number of carbonyl (C=O) groups is 1. The molecule has 0 amide bonds. The lowest BCUT2D eigenvalue weighted by Gasteiger charge is -1.99. The highest BCUT2D eigenvalue weighted by atomic mass is 35.5. The number of hydrogen-bond donors (Lipinski definition) is 0. The molecule has 0 N–H and O–H groups in total. The van der Waals surface area contributed by atoms with E-state index in [9.17, 15) is 4.79 Å². The van der Waals surface area contributed by atoms with E-state index in [-0.39, 0.29) is 0 Å². The molecule has 1 heterocycles. The smallest absolute Gasteiger partial charge is 0.245 e. The Morgan fingerprint density at radius 1 is 1.11 bits per heavy atom. The van der Waals surface area contributed by atoms with Crippen LogP contribution < -0.4 is 0 Å². The lowest BCUT2D eigenvalue weighted by atomic mass is 10.2. The van der Waals surface area contributed by atoms with Crippen molar-refractivity contribution in [1.29, 1.82) is 0 Å². The Morgan fingerprint density at radius 2 is 1.89 bits per heavy atom. The molecule has 0 aliphatic rings. The van der Waals surface area contributed by atoms with Crippen molar-refractivity contribution < 1.29 is 9.21 Å². The fourth-order valence-electron chi connectivity index (χ4n) is 1.39. The summed E-state index contributed by atoms with van der Waals surface area (Å²) in [5.74, 6) is 1.17. The van der Waals surface area contributed by atoms with Crippen LogP contribution in [0.4, 0.5) is 0 Å². The molecule has 0 atom stereocenters.